The molecule has 1 saturated heterocycles. The lowest BCUT2D eigenvalue weighted by atomic mass is 9.78. The van der Waals surface area contributed by atoms with E-state index in [9.17, 15) is 4.79 Å². The Morgan fingerprint density at radius 2 is 1.89 bits per heavy atom. The van der Waals surface area contributed by atoms with Crippen LogP contribution in [0, 0.1) is 17.8 Å². The minimum Gasteiger partial charge on any atom is -0.378 e. The zero-order valence-electron chi connectivity index (χ0n) is 12.1. The summed E-state index contributed by atoms with van der Waals surface area (Å²) in [5.41, 5.74) is 5.85. The van der Waals surface area contributed by atoms with E-state index in [1.165, 1.54) is 25.7 Å². The van der Waals surface area contributed by atoms with Gasteiger partial charge in [0, 0.05) is 19.6 Å². The monoisotopic (exact) mass is 268 g/mol. The Bertz CT molecular complexity index is 282. The van der Waals surface area contributed by atoms with E-state index in [1.807, 2.05) is 4.90 Å². The van der Waals surface area contributed by atoms with Gasteiger partial charge in [-0.1, -0.05) is 32.6 Å². The molecule has 110 valence electrons. The van der Waals surface area contributed by atoms with Crippen LogP contribution in [-0.4, -0.2) is 43.7 Å². The van der Waals surface area contributed by atoms with E-state index >= 15 is 0 Å². The first-order valence-corrected chi connectivity index (χ1v) is 7.77. The summed E-state index contributed by atoms with van der Waals surface area (Å²) in [6, 6.07) is 0. The van der Waals surface area contributed by atoms with Gasteiger partial charge < -0.3 is 15.4 Å². The molecule has 1 saturated carbocycles. The van der Waals surface area contributed by atoms with Gasteiger partial charge in [0.15, 0.2) is 0 Å². The molecule has 4 heteroatoms. The summed E-state index contributed by atoms with van der Waals surface area (Å²) in [6.45, 7) is 5.62. The van der Waals surface area contributed by atoms with Gasteiger partial charge in [-0.3, -0.25) is 4.79 Å². The first-order chi connectivity index (χ1) is 9.20. The maximum atomic E-state index is 12.5. The van der Waals surface area contributed by atoms with Crippen LogP contribution in [0.25, 0.3) is 0 Å². The van der Waals surface area contributed by atoms with Crippen LogP contribution < -0.4 is 5.73 Å². The zero-order valence-corrected chi connectivity index (χ0v) is 12.1. The lowest BCUT2D eigenvalue weighted by Crippen LogP contribution is -2.45. The number of hydrogen-bond acceptors (Lipinski definition) is 3. The number of nitrogens with zero attached hydrogens (tertiary/aromatic N) is 1. The van der Waals surface area contributed by atoms with Gasteiger partial charge in [0.25, 0.3) is 0 Å². The van der Waals surface area contributed by atoms with Gasteiger partial charge in [-0.05, 0) is 18.3 Å². The van der Waals surface area contributed by atoms with E-state index < -0.39 is 0 Å². The van der Waals surface area contributed by atoms with Gasteiger partial charge in [0.2, 0.25) is 5.91 Å². The van der Waals surface area contributed by atoms with Crippen molar-refractivity contribution in [2.75, 3.05) is 32.8 Å². The summed E-state index contributed by atoms with van der Waals surface area (Å²) in [7, 11) is 0. The van der Waals surface area contributed by atoms with Crippen LogP contribution in [-0.2, 0) is 9.53 Å². The zero-order chi connectivity index (χ0) is 13.7. The summed E-state index contributed by atoms with van der Waals surface area (Å²) in [4.78, 5) is 14.4. The average molecular weight is 268 g/mol. The molecule has 1 unspecified atom stereocenters. The molecule has 0 radical (unpaired) electrons. The highest BCUT2D eigenvalue weighted by atomic mass is 16.5. The van der Waals surface area contributed by atoms with E-state index in [1.54, 1.807) is 0 Å². The third-order valence-corrected chi connectivity index (χ3v) is 4.71. The molecule has 1 amide bonds. The number of morpholine rings is 1. The smallest absolute Gasteiger partial charge is 0.227 e. The van der Waals surface area contributed by atoms with Crippen molar-refractivity contribution in [2.24, 2.45) is 23.5 Å². The van der Waals surface area contributed by atoms with Crippen LogP contribution in [0.15, 0.2) is 0 Å². The van der Waals surface area contributed by atoms with Gasteiger partial charge in [0.05, 0.1) is 19.1 Å². The summed E-state index contributed by atoms with van der Waals surface area (Å²) in [5.74, 6) is 1.85. The average Bonchev–Trinajstić information content (AvgIpc) is 2.47. The maximum Gasteiger partial charge on any atom is 0.227 e. The topological polar surface area (TPSA) is 55.6 Å². The number of hydrogen-bond donors (Lipinski definition) is 1. The fourth-order valence-corrected chi connectivity index (χ4v) is 3.31. The molecule has 1 atom stereocenters. The Hall–Kier alpha value is -0.610. The summed E-state index contributed by atoms with van der Waals surface area (Å²) < 4.78 is 5.30. The molecule has 0 aromatic rings. The molecular formula is C15H28N2O2. The lowest BCUT2D eigenvalue weighted by Gasteiger charge is -2.33. The first kappa shape index (κ1) is 14.8. The second-order valence-corrected chi connectivity index (χ2v) is 6.23. The molecule has 1 aliphatic carbocycles. The van der Waals surface area contributed by atoms with Crippen LogP contribution in [0.5, 0.6) is 0 Å². The van der Waals surface area contributed by atoms with Crippen LogP contribution in [0.3, 0.4) is 0 Å². The van der Waals surface area contributed by atoms with Crippen molar-refractivity contribution >= 4 is 5.91 Å². The lowest BCUT2D eigenvalue weighted by molar-refractivity contribution is -0.140. The van der Waals surface area contributed by atoms with Crippen molar-refractivity contribution < 1.29 is 9.53 Å². The Labute approximate surface area is 116 Å². The molecule has 2 rings (SSSR count). The number of ether oxygens (including phenoxy) is 1. The molecule has 0 spiro atoms. The molecule has 0 aromatic heterocycles. The second kappa shape index (κ2) is 7.25. The van der Waals surface area contributed by atoms with Crippen molar-refractivity contribution in [3.05, 3.63) is 0 Å². The maximum absolute atomic E-state index is 12.5. The van der Waals surface area contributed by atoms with E-state index in [2.05, 4.69) is 6.92 Å². The molecule has 2 N–H and O–H groups in total. The Morgan fingerprint density at radius 3 is 2.47 bits per heavy atom. The minimum atomic E-state index is 0.0245. The SMILES string of the molecule is CC1CCC(CC(CN)C(=O)N2CCOCC2)CC1. The summed E-state index contributed by atoms with van der Waals surface area (Å²) in [5, 5.41) is 0. The molecule has 4 nitrogen and oxygen atoms in total. The number of nitrogens with two attached hydrogens (primary N) is 1. The highest BCUT2D eigenvalue weighted by molar-refractivity contribution is 5.79. The molecule has 1 aliphatic heterocycles. The van der Waals surface area contributed by atoms with Crippen LogP contribution in [0.4, 0.5) is 0 Å². The Kier molecular flexibility index (Phi) is 5.64. The number of rotatable bonds is 4. The van der Waals surface area contributed by atoms with E-state index in [0.717, 1.165) is 25.4 Å². The minimum absolute atomic E-state index is 0.0245. The largest absolute Gasteiger partial charge is 0.378 e. The third-order valence-electron chi connectivity index (χ3n) is 4.71. The summed E-state index contributed by atoms with van der Waals surface area (Å²) in [6.07, 6.45) is 6.16. The van der Waals surface area contributed by atoms with Crippen LogP contribution >= 0.6 is 0 Å². The predicted molar refractivity (Wildman–Crippen MR) is 75.7 cm³/mol. The molecule has 2 aliphatic rings. The highest BCUT2D eigenvalue weighted by Gasteiger charge is 2.28. The molecular weight excluding hydrogens is 240 g/mol. The molecule has 2 fully saturated rings. The van der Waals surface area contributed by atoms with Crippen LogP contribution in [0.1, 0.15) is 39.0 Å². The van der Waals surface area contributed by atoms with Gasteiger partial charge in [-0.25, -0.2) is 0 Å². The van der Waals surface area contributed by atoms with E-state index in [4.69, 9.17) is 10.5 Å². The number of carbonyl (C=O) groups is 1. The second-order valence-electron chi connectivity index (χ2n) is 6.23. The van der Waals surface area contributed by atoms with E-state index in [0.29, 0.717) is 25.7 Å². The third kappa shape index (κ3) is 4.18. The molecule has 19 heavy (non-hydrogen) atoms. The predicted octanol–water partition coefficient (Wildman–Crippen LogP) is 1.64. The van der Waals surface area contributed by atoms with Gasteiger partial charge in [0.1, 0.15) is 0 Å². The standard InChI is InChI=1S/C15H28N2O2/c1-12-2-4-13(5-3-12)10-14(11-16)15(18)17-6-8-19-9-7-17/h12-14H,2-11,16H2,1H3. The first-order valence-electron chi connectivity index (χ1n) is 7.77. The highest BCUT2D eigenvalue weighted by Crippen LogP contribution is 2.32. The van der Waals surface area contributed by atoms with Gasteiger partial charge >= 0.3 is 0 Å². The Balaban J connectivity index is 1.83. The van der Waals surface area contributed by atoms with Crippen molar-refractivity contribution in [2.45, 2.75) is 39.0 Å². The number of carbonyl (C=O) groups excluding carboxylic acids is 1. The quantitative estimate of drug-likeness (QED) is 0.843. The van der Waals surface area contributed by atoms with Crippen molar-refractivity contribution in [1.29, 1.82) is 0 Å². The van der Waals surface area contributed by atoms with Gasteiger partial charge in [-0.2, -0.15) is 0 Å². The molecule has 0 bridgehead atoms. The molecule has 1 heterocycles. The summed E-state index contributed by atoms with van der Waals surface area (Å²) >= 11 is 0. The van der Waals surface area contributed by atoms with Crippen molar-refractivity contribution in [3.8, 4) is 0 Å². The molecule has 0 aromatic carbocycles. The number of amides is 1. The Morgan fingerprint density at radius 1 is 1.26 bits per heavy atom. The van der Waals surface area contributed by atoms with Gasteiger partial charge in [-0.15, -0.1) is 0 Å². The normalized spacial score (nSPS) is 30.1. The van der Waals surface area contributed by atoms with Crippen LogP contribution in [0.2, 0.25) is 0 Å². The van der Waals surface area contributed by atoms with Crippen molar-refractivity contribution in [1.82, 2.24) is 4.90 Å². The van der Waals surface area contributed by atoms with E-state index in [-0.39, 0.29) is 11.8 Å². The fraction of sp³-hybridized carbons (Fsp3) is 0.933. The van der Waals surface area contributed by atoms with Crippen molar-refractivity contribution in [3.63, 3.8) is 0 Å². The fourth-order valence-electron chi connectivity index (χ4n) is 3.31.